The highest BCUT2D eigenvalue weighted by atomic mass is 32.2. The van der Waals surface area contributed by atoms with E-state index in [4.69, 9.17) is 9.47 Å². The Morgan fingerprint density at radius 2 is 1.53 bits per heavy atom. The van der Waals surface area contributed by atoms with E-state index in [1.807, 2.05) is 0 Å². The van der Waals surface area contributed by atoms with Crippen LogP contribution in [0.2, 0.25) is 0 Å². The smallest absolute Gasteiger partial charge is 0.350 e. The maximum absolute atomic E-state index is 11.9. The number of benzene rings is 2. The lowest BCUT2D eigenvalue weighted by Gasteiger charge is -2.29. The third-order valence-electron chi connectivity index (χ3n) is 3.97. The summed E-state index contributed by atoms with van der Waals surface area (Å²) in [6.45, 7) is 2.77. The van der Waals surface area contributed by atoms with E-state index >= 15 is 0 Å². The second-order valence-electron chi connectivity index (χ2n) is 6.69. The van der Waals surface area contributed by atoms with Crippen molar-refractivity contribution in [2.75, 3.05) is 5.32 Å². The molecule has 13 heteroatoms. The first-order chi connectivity index (χ1) is 13.7. The fourth-order valence-corrected chi connectivity index (χ4v) is 4.03. The zero-order chi connectivity index (χ0) is 22.5. The van der Waals surface area contributed by atoms with Crippen LogP contribution in [0.15, 0.2) is 51.9 Å². The molecule has 3 rings (SSSR count). The van der Waals surface area contributed by atoms with Crippen molar-refractivity contribution in [2.45, 2.75) is 29.4 Å². The highest BCUT2D eigenvalue weighted by Gasteiger charge is 2.39. The van der Waals surface area contributed by atoms with Gasteiger partial charge in [-0.2, -0.15) is 16.8 Å². The molecule has 1 fully saturated rings. The molecule has 11 nitrogen and oxygen atoms in total. The summed E-state index contributed by atoms with van der Waals surface area (Å²) in [5.74, 6) is -3.27. The van der Waals surface area contributed by atoms with Gasteiger partial charge < -0.3 is 14.8 Å². The predicted molar refractivity (Wildman–Crippen MR) is 102 cm³/mol. The Bertz CT molecular complexity index is 1300. The van der Waals surface area contributed by atoms with Crippen molar-refractivity contribution in [2.24, 2.45) is 0 Å². The average molecular weight is 457 g/mol. The van der Waals surface area contributed by atoms with Gasteiger partial charge in [-0.25, -0.2) is 9.59 Å². The number of fused-ring (bicyclic) bond motifs is 1. The minimum Gasteiger partial charge on any atom is -0.419 e. The van der Waals surface area contributed by atoms with Crippen LogP contribution >= 0.6 is 0 Å². The van der Waals surface area contributed by atoms with Gasteiger partial charge in [0.15, 0.2) is 5.57 Å². The summed E-state index contributed by atoms with van der Waals surface area (Å²) in [5.41, 5.74) is -0.254. The molecular formula is C17H15NO10S2. The number of hydrogen-bond donors (Lipinski definition) is 3. The van der Waals surface area contributed by atoms with Crippen molar-refractivity contribution in [3.63, 3.8) is 0 Å². The van der Waals surface area contributed by atoms with Crippen LogP contribution in [0, 0.1) is 0 Å². The number of ether oxygens (including phenoxy) is 2. The molecule has 0 atom stereocenters. The normalized spacial score (nSPS) is 16.7. The molecule has 0 unspecified atom stereocenters. The highest BCUT2D eigenvalue weighted by molar-refractivity contribution is 7.86. The van der Waals surface area contributed by atoms with Gasteiger partial charge in [-0.15, -0.1) is 0 Å². The fraction of sp³-hybridized carbons (Fsp3) is 0.176. The Labute approximate surface area is 170 Å². The molecule has 3 N–H and O–H groups in total. The van der Waals surface area contributed by atoms with Crippen LogP contribution in [-0.4, -0.2) is 43.7 Å². The molecule has 160 valence electrons. The molecule has 0 bridgehead atoms. The molecule has 2 aromatic carbocycles. The van der Waals surface area contributed by atoms with Crippen LogP contribution in [0.5, 0.6) is 0 Å². The van der Waals surface area contributed by atoms with Crippen LogP contribution in [0.25, 0.3) is 10.8 Å². The molecule has 0 radical (unpaired) electrons. The monoisotopic (exact) mass is 457 g/mol. The zero-order valence-corrected chi connectivity index (χ0v) is 17.1. The Morgan fingerprint density at radius 1 is 0.933 bits per heavy atom. The van der Waals surface area contributed by atoms with Crippen LogP contribution in [0.4, 0.5) is 5.69 Å². The number of esters is 2. The number of carbonyl (C=O) groups excluding carboxylic acids is 2. The quantitative estimate of drug-likeness (QED) is 0.262. The summed E-state index contributed by atoms with van der Waals surface area (Å²) in [4.78, 5) is 22.4. The molecule has 0 spiro atoms. The molecule has 0 aliphatic carbocycles. The van der Waals surface area contributed by atoms with Gasteiger partial charge in [-0.1, -0.05) is 6.07 Å². The van der Waals surface area contributed by atoms with Crippen LogP contribution < -0.4 is 5.32 Å². The van der Waals surface area contributed by atoms with Crippen LogP contribution in [0.1, 0.15) is 13.8 Å². The van der Waals surface area contributed by atoms with Gasteiger partial charge in [0.1, 0.15) is 4.90 Å². The van der Waals surface area contributed by atoms with E-state index in [9.17, 15) is 35.5 Å². The zero-order valence-electron chi connectivity index (χ0n) is 15.4. The highest BCUT2D eigenvalue weighted by Crippen LogP contribution is 2.30. The van der Waals surface area contributed by atoms with Gasteiger partial charge in [0.05, 0.1) is 4.90 Å². The third-order valence-corrected chi connectivity index (χ3v) is 5.69. The van der Waals surface area contributed by atoms with Crippen molar-refractivity contribution >= 4 is 48.6 Å². The lowest BCUT2D eigenvalue weighted by Crippen LogP contribution is -2.42. The second kappa shape index (κ2) is 7.05. The number of carbonyl (C=O) groups is 2. The molecule has 1 aliphatic rings. The predicted octanol–water partition coefficient (Wildman–Crippen LogP) is 1.47. The molecule has 1 aliphatic heterocycles. The lowest BCUT2D eigenvalue weighted by atomic mass is 10.1. The summed E-state index contributed by atoms with van der Waals surface area (Å²) in [6.07, 6.45) is 1.00. The van der Waals surface area contributed by atoms with Crippen molar-refractivity contribution in [3.8, 4) is 0 Å². The van der Waals surface area contributed by atoms with Crippen LogP contribution in [-0.2, 0) is 39.3 Å². The summed E-state index contributed by atoms with van der Waals surface area (Å²) in [5, 5.41) is 2.61. The SMILES string of the molecule is CC1(C)OC(=O)C(=CNc2ccc3cc(S(=O)(=O)O)cc(S(=O)(=O)O)c3c2)C(=O)O1. The fourth-order valence-electron chi connectivity index (χ4n) is 2.68. The van der Waals surface area contributed by atoms with E-state index in [1.165, 1.54) is 32.0 Å². The topological polar surface area (TPSA) is 173 Å². The third kappa shape index (κ3) is 4.43. The van der Waals surface area contributed by atoms with E-state index in [0.717, 1.165) is 12.3 Å². The van der Waals surface area contributed by atoms with E-state index < -0.39 is 53.3 Å². The molecular weight excluding hydrogens is 442 g/mol. The Hall–Kier alpha value is -3.00. The molecule has 30 heavy (non-hydrogen) atoms. The van der Waals surface area contributed by atoms with Gasteiger partial charge in [0, 0.05) is 31.1 Å². The summed E-state index contributed by atoms with van der Waals surface area (Å²) in [6, 6.07) is 5.53. The standard InChI is InChI=1S/C17H15NO10S2/c1-17(2)27-15(19)13(16(20)28-17)8-18-10-4-3-9-5-11(29(21,22)23)7-14(12(9)6-10)30(24,25)26/h3-8,18H,1-2H3,(H,21,22,23)(H,24,25,26). The Kier molecular flexibility index (Phi) is 5.10. The summed E-state index contributed by atoms with van der Waals surface area (Å²) < 4.78 is 74.7. The van der Waals surface area contributed by atoms with Crippen molar-refractivity contribution in [3.05, 3.63) is 42.1 Å². The maximum Gasteiger partial charge on any atom is 0.350 e. The van der Waals surface area contributed by atoms with E-state index in [0.29, 0.717) is 6.07 Å². The molecule has 0 aromatic heterocycles. The van der Waals surface area contributed by atoms with Gasteiger partial charge in [0.25, 0.3) is 26.0 Å². The van der Waals surface area contributed by atoms with E-state index in [-0.39, 0.29) is 16.5 Å². The molecule has 0 saturated carbocycles. The Morgan fingerprint density at radius 3 is 2.07 bits per heavy atom. The van der Waals surface area contributed by atoms with E-state index in [1.54, 1.807) is 0 Å². The molecule has 2 aromatic rings. The van der Waals surface area contributed by atoms with Gasteiger partial charge in [0.2, 0.25) is 0 Å². The van der Waals surface area contributed by atoms with Crippen LogP contribution in [0.3, 0.4) is 0 Å². The minimum absolute atomic E-state index is 0.0780. The molecule has 1 heterocycles. The minimum atomic E-state index is -4.86. The largest absolute Gasteiger partial charge is 0.419 e. The Balaban J connectivity index is 2.06. The van der Waals surface area contributed by atoms with Crippen molar-refractivity contribution < 1.29 is 45.0 Å². The molecule has 1 saturated heterocycles. The summed E-state index contributed by atoms with van der Waals surface area (Å²) in [7, 11) is -9.60. The van der Waals surface area contributed by atoms with Crippen molar-refractivity contribution in [1.29, 1.82) is 0 Å². The maximum atomic E-state index is 11.9. The molecule has 0 amide bonds. The first-order valence-corrected chi connectivity index (χ1v) is 11.0. The second-order valence-corrected chi connectivity index (χ2v) is 9.50. The number of rotatable bonds is 4. The first-order valence-electron chi connectivity index (χ1n) is 8.13. The number of hydrogen-bond acceptors (Lipinski definition) is 9. The number of anilines is 1. The number of cyclic esters (lactones) is 2. The lowest BCUT2D eigenvalue weighted by molar-refractivity contribution is -0.222. The van der Waals surface area contributed by atoms with Crippen molar-refractivity contribution in [1.82, 2.24) is 0 Å². The van der Waals surface area contributed by atoms with Gasteiger partial charge in [-0.05, 0) is 29.7 Å². The number of nitrogens with one attached hydrogen (secondary N) is 1. The van der Waals surface area contributed by atoms with Gasteiger partial charge in [-0.3, -0.25) is 9.11 Å². The summed E-state index contributed by atoms with van der Waals surface area (Å²) >= 11 is 0. The average Bonchev–Trinajstić information content (AvgIpc) is 2.57. The van der Waals surface area contributed by atoms with E-state index in [2.05, 4.69) is 5.32 Å². The first kappa shape index (κ1) is 21.7. The van der Waals surface area contributed by atoms with Gasteiger partial charge >= 0.3 is 11.9 Å².